The molecular weight excluding hydrogens is 691 g/mol. The van der Waals surface area contributed by atoms with Crippen LogP contribution in [0.15, 0.2) is 77.9 Å². The van der Waals surface area contributed by atoms with E-state index in [0.29, 0.717) is 52.3 Å². The maximum Gasteiger partial charge on any atom is 0.305 e. The highest BCUT2D eigenvalue weighted by atomic mass is 35.5. The van der Waals surface area contributed by atoms with Gasteiger partial charge in [-0.3, -0.25) is 18.8 Å². The number of benzene rings is 2. The van der Waals surface area contributed by atoms with Crippen LogP contribution >= 0.6 is 23.2 Å². The van der Waals surface area contributed by atoms with Gasteiger partial charge in [0.1, 0.15) is 5.65 Å². The molecule has 3 aromatic heterocycles. The third-order valence-electron chi connectivity index (χ3n) is 9.58. The highest BCUT2D eigenvalue weighted by Crippen LogP contribution is 2.42. The van der Waals surface area contributed by atoms with Crippen LogP contribution in [0, 0.1) is 0 Å². The summed E-state index contributed by atoms with van der Waals surface area (Å²) in [6.07, 6.45) is 6.15. The highest BCUT2D eigenvalue weighted by Gasteiger charge is 2.44. The molecule has 262 valence electrons. The summed E-state index contributed by atoms with van der Waals surface area (Å²) < 4.78 is 7.12. The van der Waals surface area contributed by atoms with Gasteiger partial charge in [0.2, 0.25) is 11.8 Å². The Labute approximate surface area is 304 Å². The second kappa shape index (κ2) is 14.4. The summed E-state index contributed by atoms with van der Waals surface area (Å²) in [4.78, 5) is 45.3. The molecule has 0 bridgehead atoms. The molecule has 2 fully saturated rings. The molecule has 7 rings (SSSR count). The molecule has 0 radical (unpaired) electrons. The summed E-state index contributed by atoms with van der Waals surface area (Å²) in [5.74, 6) is -0.293. The lowest BCUT2D eigenvalue weighted by molar-refractivity contribution is -0.137. The molecule has 4 heterocycles. The highest BCUT2D eigenvalue weighted by molar-refractivity contribution is 6.39. The zero-order valence-corrected chi connectivity index (χ0v) is 29.4. The zero-order chi connectivity index (χ0) is 35.7. The SMILES string of the molecule is COc1nc(-c2cccc(-c3cccc(-c4ccn5c(=O)c(CNC6(CC(=O)O)CC6)cnc5c4)c3Cl)c2Cl)ccc1CNC[C@@H]1CCC(=O)N1. The van der Waals surface area contributed by atoms with E-state index in [2.05, 4.69) is 20.9 Å². The third-order valence-corrected chi connectivity index (χ3v) is 10.4. The van der Waals surface area contributed by atoms with Gasteiger partial charge in [0.25, 0.3) is 5.56 Å². The van der Waals surface area contributed by atoms with Crippen LogP contribution in [-0.2, 0) is 22.7 Å². The van der Waals surface area contributed by atoms with Crippen molar-refractivity contribution < 1.29 is 19.4 Å². The monoisotopic (exact) mass is 726 g/mol. The predicted molar refractivity (Wildman–Crippen MR) is 196 cm³/mol. The molecular formula is C38H36Cl2N6O5. The van der Waals surface area contributed by atoms with Crippen LogP contribution < -0.4 is 26.2 Å². The van der Waals surface area contributed by atoms with Crippen molar-refractivity contribution >= 4 is 40.7 Å². The second-order valence-electron chi connectivity index (χ2n) is 13.1. The molecule has 1 amide bonds. The van der Waals surface area contributed by atoms with E-state index in [4.69, 9.17) is 32.9 Å². The van der Waals surface area contributed by atoms with Crippen molar-refractivity contribution in [3.05, 3.63) is 105 Å². The summed E-state index contributed by atoms with van der Waals surface area (Å²) in [6.45, 7) is 1.43. The second-order valence-corrected chi connectivity index (χ2v) is 13.8. The molecule has 4 N–H and O–H groups in total. The van der Waals surface area contributed by atoms with E-state index < -0.39 is 11.5 Å². The molecule has 2 aliphatic rings. The van der Waals surface area contributed by atoms with Crippen molar-refractivity contribution in [3.63, 3.8) is 0 Å². The Morgan fingerprint density at radius 2 is 1.73 bits per heavy atom. The van der Waals surface area contributed by atoms with Gasteiger partial charge in [-0.25, -0.2) is 9.97 Å². The van der Waals surface area contributed by atoms with Gasteiger partial charge in [0.15, 0.2) is 0 Å². The van der Waals surface area contributed by atoms with E-state index in [1.807, 2.05) is 60.7 Å². The smallest absolute Gasteiger partial charge is 0.305 e. The minimum Gasteiger partial charge on any atom is -0.481 e. The summed E-state index contributed by atoms with van der Waals surface area (Å²) in [5, 5.41) is 19.8. The molecule has 1 atom stereocenters. The largest absolute Gasteiger partial charge is 0.481 e. The van der Waals surface area contributed by atoms with Crippen LogP contribution in [0.25, 0.3) is 39.2 Å². The van der Waals surface area contributed by atoms with E-state index in [9.17, 15) is 19.5 Å². The van der Waals surface area contributed by atoms with Crippen molar-refractivity contribution in [3.8, 4) is 39.4 Å². The fourth-order valence-electron chi connectivity index (χ4n) is 6.58. The number of halogens is 2. The number of pyridine rings is 2. The number of rotatable bonds is 13. The number of hydrogen-bond donors (Lipinski definition) is 4. The summed E-state index contributed by atoms with van der Waals surface area (Å²) >= 11 is 14.2. The van der Waals surface area contributed by atoms with Crippen LogP contribution in [0.2, 0.25) is 10.0 Å². The number of ether oxygens (including phenoxy) is 1. The van der Waals surface area contributed by atoms with E-state index >= 15 is 0 Å². The Bertz CT molecular complexity index is 2220. The maximum atomic E-state index is 13.3. The van der Waals surface area contributed by atoms with Gasteiger partial charge in [0, 0.05) is 77.8 Å². The van der Waals surface area contributed by atoms with E-state index in [0.717, 1.165) is 52.6 Å². The Hall–Kier alpha value is -4.81. The number of carboxylic acids is 1. The molecule has 1 saturated heterocycles. The molecule has 0 unspecified atom stereocenters. The first kappa shape index (κ1) is 34.6. The predicted octanol–water partition coefficient (Wildman–Crippen LogP) is 5.87. The van der Waals surface area contributed by atoms with Crippen LogP contribution in [-0.4, -0.2) is 56.6 Å². The molecule has 11 nitrogen and oxygen atoms in total. The van der Waals surface area contributed by atoms with Crippen LogP contribution in [0.3, 0.4) is 0 Å². The molecule has 1 aliphatic carbocycles. The minimum atomic E-state index is -0.861. The standard InChI is InChI=1S/C38H36Cl2N6O5/c1-51-36-23(18-41-21-25-9-11-32(47)44-25)8-10-30(45-36)29-7-3-6-28(35(29)40)27-5-2-4-26(34(27)39)22-12-15-46-31(16-22)42-19-24(37(46)50)20-43-38(13-14-38)17-33(48)49/h2-8,10,12,15-16,19,25,41,43H,9,11,13-14,17-18,20-21H2,1H3,(H,44,47)(H,48,49)/t25-/m0/s1. The summed E-state index contributed by atoms with van der Waals surface area (Å²) in [7, 11) is 1.58. The molecule has 51 heavy (non-hydrogen) atoms. The summed E-state index contributed by atoms with van der Waals surface area (Å²) in [5.41, 5.74) is 5.48. The van der Waals surface area contributed by atoms with Crippen LogP contribution in [0.5, 0.6) is 5.88 Å². The van der Waals surface area contributed by atoms with Gasteiger partial charge >= 0.3 is 5.97 Å². The number of amides is 1. The first-order valence-electron chi connectivity index (χ1n) is 16.7. The summed E-state index contributed by atoms with van der Waals surface area (Å²) in [6, 6.07) is 19.1. The number of methoxy groups -OCH3 is 1. The zero-order valence-electron chi connectivity index (χ0n) is 27.8. The van der Waals surface area contributed by atoms with Gasteiger partial charge < -0.3 is 25.8 Å². The third kappa shape index (κ3) is 7.34. The molecule has 5 aromatic rings. The Kier molecular flexibility index (Phi) is 9.80. The Balaban J connectivity index is 1.12. The van der Waals surface area contributed by atoms with Crippen molar-refractivity contribution in [2.45, 2.75) is 56.8 Å². The van der Waals surface area contributed by atoms with Crippen LogP contribution in [0.1, 0.15) is 43.2 Å². The van der Waals surface area contributed by atoms with Gasteiger partial charge in [0.05, 0.1) is 34.8 Å². The van der Waals surface area contributed by atoms with E-state index in [1.54, 1.807) is 13.3 Å². The number of aliphatic carboxylic acids is 1. The molecule has 1 aliphatic heterocycles. The number of nitrogens with zero attached hydrogens (tertiary/aromatic N) is 3. The first-order valence-corrected chi connectivity index (χ1v) is 17.5. The molecule has 2 aromatic carbocycles. The minimum absolute atomic E-state index is 0.0233. The van der Waals surface area contributed by atoms with Crippen molar-refractivity contribution in [2.24, 2.45) is 0 Å². The van der Waals surface area contributed by atoms with Gasteiger partial charge in [-0.1, -0.05) is 65.7 Å². The Morgan fingerprint density at radius 3 is 2.41 bits per heavy atom. The van der Waals surface area contributed by atoms with Crippen molar-refractivity contribution in [1.82, 2.24) is 30.3 Å². The Morgan fingerprint density at radius 1 is 1.00 bits per heavy atom. The number of fused-ring (bicyclic) bond motifs is 1. The van der Waals surface area contributed by atoms with Crippen molar-refractivity contribution in [2.75, 3.05) is 13.7 Å². The lowest BCUT2D eigenvalue weighted by Crippen LogP contribution is -2.35. The number of aromatic nitrogens is 3. The lowest BCUT2D eigenvalue weighted by atomic mass is 9.97. The van der Waals surface area contributed by atoms with E-state index in [-0.39, 0.29) is 30.5 Å². The van der Waals surface area contributed by atoms with Gasteiger partial charge in [-0.15, -0.1) is 0 Å². The molecule has 1 saturated carbocycles. The molecule has 0 spiro atoms. The first-order chi connectivity index (χ1) is 24.6. The number of nitrogens with one attached hydrogen (secondary N) is 3. The fourth-order valence-corrected chi connectivity index (χ4v) is 7.25. The van der Waals surface area contributed by atoms with Crippen LogP contribution in [0.4, 0.5) is 0 Å². The normalized spacial score (nSPS) is 16.3. The fraction of sp³-hybridized carbons (Fsp3) is 0.289. The topological polar surface area (TPSA) is 147 Å². The number of carbonyl (C=O) groups excluding carboxylic acids is 1. The number of hydrogen-bond acceptors (Lipinski definition) is 8. The number of carboxylic acid groups (broad SMARTS) is 1. The van der Waals surface area contributed by atoms with Crippen molar-refractivity contribution in [1.29, 1.82) is 0 Å². The van der Waals surface area contributed by atoms with Gasteiger partial charge in [-0.2, -0.15) is 0 Å². The number of carbonyl (C=O) groups is 2. The maximum absolute atomic E-state index is 13.3. The van der Waals surface area contributed by atoms with E-state index in [1.165, 1.54) is 10.6 Å². The molecule has 13 heteroatoms. The average molecular weight is 728 g/mol. The average Bonchev–Trinajstić information content (AvgIpc) is 3.75. The quantitative estimate of drug-likeness (QED) is 0.117. The van der Waals surface area contributed by atoms with Gasteiger partial charge in [-0.05, 0) is 43.0 Å². The lowest BCUT2D eigenvalue weighted by Gasteiger charge is -2.16.